The van der Waals surface area contributed by atoms with Crippen LogP contribution in [0.25, 0.3) is 0 Å². The van der Waals surface area contributed by atoms with E-state index >= 15 is 0 Å². The normalized spacial score (nSPS) is 15.2. The zero-order valence-corrected chi connectivity index (χ0v) is 11.8. The summed E-state index contributed by atoms with van der Waals surface area (Å²) in [4.78, 5) is 11.5. The predicted octanol–water partition coefficient (Wildman–Crippen LogP) is 2.21. The quantitative estimate of drug-likeness (QED) is 0.751. The van der Waals surface area contributed by atoms with Crippen LogP contribution < -0.4 is 0 Å². The summed E-state index contributed by atoms with van der Waals surface area (Å²) in [6.45, 7) is 1.96. The molecule has 1 aromatic carbocycles. The molecular weight excluding hydrogens is 264 g/mol. The first kappa shape index (κ1) is 14.1. The van der Waals surface area contributed by atoms with Crippen LogP contribution in [-0.2, 0) is 25.5 Å². The van der Waals surface area contributed by atoms with Gasteiger partial charge in [0, 0.05) is 0 Å². The largest absolute Gasteiger partial charge is 0.346 e. The third-order valence-corrected chi connectivity index (χ3v) is 4.54. The summed E-state index contributed by atoms with van der Waals surface area (Å²) < 4.78 is 27.6. The number of hydrogen-bond donors (Lipinski definition) is 0. The second-order valence-electron chi connectivity index (χ2n) is 5.05. The van der Waals surface area contributed by atoms with E-state index in [1.54, 1.807) is 0 Å². The molecule has 1 aromatic rings. The van der Waals surface area contributed by atoms with Crippen LogP contribution in [0.1, 0.15) is 30.4 Å². The molecule has 1 fully saturated rings. The lowest BCUT2D eigenvalue weighted by molar-refractivity contribution is -0.133. The van der Waals surface area contributed by atoms with E-state index in [1.807, 2.05) is 31.2 Å². The predicted molar refractivity (Wildman–Crippen MR) is 72.1 cm³/mol. The van der Waals surface area contributed by atoms with Crippen LogP contribution in [0.3, 0.4) is 0 Å². The SMILES string of the molecule is Cc1ccccc1CCC(=O)OS(=O)(=O)CC1CC1. The van der Waals surface area contributed by atoms with Gasteiger partial charge in [-0.2, -0.15) is 8.42 Å². The maximum absolute atomic E-state index is 11.5. The number of carbonyl (C=O) groups is 1. The Bertz CT molecular complexity index is 559. The molecule has 0 spiro atoms. The van der Waals surface area contributed by atoms with Gasteiger partial charge >= 0.3 is 16.1 Å². The number of hydrogen-bond acceptors (Lipinski definition) is 4. The van der Waals surface area contributed by atoms with Gasteiger partial charge in [-0.1, -0.05) is 24.3 Å². The van der Waals surface area contributed by atoms with Crippen molar-refractivity contribution in [3.05, 3.63) is 35.4 Å². The topological polar surface area (TPSA) is 60.4 Å². The summed E-state index contributed by atoms with van der Waals surface area (Å²) in [5.41, 5.74) is 2.13. The Hall–Kier alpha value is -1.36. The molecule has 0 aliphatic heterocycles. The Morgan fingerprint density at radius 2 is 2.00 bits per heavy atom. The molecule has 4 nitrogen and oxygen atoms in total. The average Bonchev–Trinajstić information content (AvgIpc) is 3.10. The molecule has 0 heterocycles. The fraction of sp³-hybridized carbons (Fsp3) is 0.500. The van der Waals surface area contributed by atoms with Gasteiger partial charge in [0.25, 0.3) is 0 Å². The lowest BCUT2D eigenvalue weighted by atomic mass is 10.0. The van der Waals surface area contributed by atoms with Crippen LogP contribution in [0.15, 0.2) is 24.3 Å². The van der Waals surface area contributed by atoms with E-state index in [0.717, 1.165) is 24.0 Å². The summed E-state index contributed by atoms with van der Waals surface area (Å²) in [7, 11) is -3.68. The first-order valence-electron chi connectivity index (χ1n) is 6.46. The Morgan fingerprint density at radius 1 is 1.32 bits per heavy atom. The fourth-order valence-corrected chi connectivity index (χ4v) is 3.26. The van der Waals surface area contributed by atoms with Gasteiger partial charge in [-0.05, 0) is 43.2 Å². The first-order chi connectivity index (χ1) is 8.96. The number of rotatable bonds is 6. The molecule has 0 unspecified atom stereocenters. The standard InChI is InChI=1S/C14H18O4S/c1-11-4-2-3-5-13(11)8-9-14(15)18-19(16,17)10-12-6-7-12/h2-5,12H,6-10H2,1H3. The van der Waals surface area contributed by atoms with Crippen molar-refractivity contribution in [1.29, 1.82) is 0 Å². The van der Waals surface area contributed by atoms with Crippen LogP contribution in [0.4, 0.5) is 0 Å². The van der Waals surface area contributed by atoms with E-state index in [0.29, 0.717) is 6.42 Å². The van der Waals surface area contributed by atoms with E-state index in [2.05, 4.69) is 4.18 Å². The third kappa shape index (κ3) is 4.67. The van der Waals surface area contributed by atoms with Crippen molar-refractivity contribution in [3.8, 4) is 0 Å². The molecule has 5 heteroatoms. The van der Waals surface area contributed by atoms with Crippen molar-refractivity contribution in [1.82, 2.24) is 0 Å². The Morgan fingerprint density at radius 3 is 2.63 bits per heavy atom. The van der Waals surface area contributed by atoms with Crippen molar-refractivity contribution >= 4 is 16.1 Å². The molecule has 0 saturated heterocycles. The van der Waals surface area contributed by atoms with Crippen molar-refractivity contribution in [2.24, 2.45) is 5.92 Å². The number of aryl methyl sites for hydroxylation is 2. The molecule has 104 valence electrons. The lowest BCUT2D eigenvalue weighted by Crippen LogP contribution is -2.17. The molecule has 19 heavy (non-hydrogen) atoms. The lowest BCUT2D eigenvalue weighted by Gasteiger charge is -2.06. The average molecular weight is 282 g/mol. The van der Waals surface area contributed by atoms with Gasteiger partial charge in [0.1, 0.15) is 0 Å². The maximum Gasteiger partial charge on any atom is 0.322 e. The van der Waals surface area contributed by atoms with Crippen LogP contribution in [-0.4, -0.2) is 20.1 Å². The zero-order valence-electron chi connectivity index (χ0n) is 11.0. The van der Waals surface area contributed by atoms with Crippen LogP contribution in [0.5, 0.6) is 0 Å². The van der Waals surface area contributed by atoms with Crippen LogP contribution >= 0.6 is 0 Å². The second-order valence-corrected chi connectivity index (χ2v) is 6.66. The molecule has 0 aromatic heterocycles. The maximum atomic E-state index is 11.5. The molecule has 0 radical (unpaired) electrons. The smallest absolute Gasteiger partial charge is 0.322 e. The second kappa shape index (κ2) is 5.74. The number of carbonyl (C=O) groups excluding carboxylic acids is 1. The highest BCUT2D eigenvalue weighted by atomic mass is 32.2. The summed E-state index contributed by atoms with van der Waals surface area (Å²) in [5.74, 6) is -0.499. The molecule has 1 saturated carbocycles. The molecule has 1 aliphatic carbocycles. The highest BCUT2D eigenvalue weighted by Crippen LogP contribution is 2.30. The minimum absolute atomic E-state index is 0.0247. The monoisotopic (exact) mass is 282 g/mol. The van der Waals surface area contributed by atoms with E-state index in [9.17, 15) is 13.2 Å². The minimum atomic E-state index is -3.68. The Labute approximate surface area is 113 Å². The zero-order chi connectivity index (χ0) is 13.9. The highest BCUT2D eigenvalue weighted by Gasteiger charge is 2.30. The van der Waals surface area contributed by atoms with Gasteiger partial charge in [0.15, 0.2) is 0 Å². The fourth-order valence-electron chi connectivity index (χ4n) is 1.92. The van der Waals surface area contributed by atoms with Gasteiger partial charge in [0.05, 0.1) is 12.2 Å². The van der Waals surface area contributed by atoms with Gasteiger partial charge < -0.3 is 4.18 Å². The van der Waals surface area contributed by atoms with Crippen molar-refractivity contribution in [3.63, 3.8) is 0 Å². The van der Waals surface area contributed by atoms with E-state index in [4.69, 9.17) is 0 Å². The highest BCUT2D eigenvalue weighted by molar-refractivity contribution is 7.87. The molecule has 2 rings (SSSR count). The van der Waals surface area contributed by atoms with Gasteiger partial charge in [0.2, 0.25) is 0 Å². The van der Waals surface area contributed by atoms with Gasteiger partial charge in [-0.3, -0.25) is 4.79 Å². The summed E-state index contributed by atoms with van der Waals surface area (Å²) in [6, 6.07) is 7.72. The summed E-state index contributed by atoms with van der Waals surface area (Å²) >= 11 is 0. The summed E-state index contributed by atoms with van der Waals surface area (Å²) in [6.07, 6.45) is 2.43. The molecular formula is C14H18O4S. The molecule has 1 aliphatic rings. The molecule has 0 bridgehead atoms. The molecule has 0 atom stereocenters. The molecule has 0 amide bonds. The van der Waals surface area contributed by atoms with Crippen molar-refractivity contribution in [2.75, 3.05) is 5.75 Å². The van der Waals surface area contributed by atoms with Crippen molar-refractivity contribution < 1.29 is 17.4 Å². The van der Waals surface area contributed by atoms with Crippen molar-refractivity contribution in [2.45, 2.75) is 32.6 Å². The van der Waals surface area contributed by atoms with Crippen LogP contribution in [0, 0.1) is 12.8 Å². The Balaban J connectivity index is 1.83. The Kier molecular flexibility index (Phi) is 4.24. The third-order valence-electron chi connectivity index (χ3n) is 3.22. The van der Waals surface area contributed by atoms with E-state index in [1.165, 1.54) is 0 Å². The van der Waals surface area contributed by atoms with E-state index < -0.39 is 16.1 Å². The summed E-state index contributed by atoms with van der Waals surface area (Å²) in [5, 5.41) is 0. The van der Waals surface area contributed by atoms with Crippen LogP contribution in [0.2, 0.25) is 0 Å². The van der Waals surface area contributed by atoms with Gasteiger partial charge in [-0.15, -0.1) is 0 Å². The number of benzene rings is 1. The first-order valence-corrected chi connectivity index (χ1v) is 8.03. The minimum Gasteiger partial charge on any atom is -0.346 e. The van der Waals surface area contributed by atoms with E-state index in [-0.39, 0.29) is 18.1 Å². The van der Waals surface area contributed by atoms with Gasteiger partial charge in [-0.25, -0.2) is 0 Å². The molecule has 0 N–H and O–H groups in total.